The van der Waals surface area contributed by atoms with E-state index in [0.29, 0.717) is 4.90 Å². The number of nitrogens with one attached hydrogen (secondary N) is 1. The first-order chi connectivity index (χ1) is 8.62. The Morgan fingerprint density at radius 3 is 2.39 bits per heavy atom. The third-order valence-corrected chi connectivity index (χ3v) is 4.64. The van der Waals surface area contributed by atoms with E-state index in [2.05, 4.69) is 10.4 Å². The van der Waals surface area contributed by atoms with E-state index < -0.39 is 9.84 Å². The van der Waals surface area contributed by atoms with Gasteiger partial charge in [0.25, 0.3) is 0 Å². The largest absolute Gasteiger partial charge is 0.379 e. The lowest BCUT2D eigenvalue weighted by Gasteiger charge is -2.27. The fourth-order valence-corrected chi connectivity index (χ4v) is 2.65. The van der Waals surface area contributed by atoms with Gasteiger partial charge in [0.15, 0.2) is 9.84 Å². The number of anilines is 1. The first-order valence-corrected chi connectivity index (χ1v) is 7.69. The number of hydrogen-bond donors (Lipinski definition) is 1. The van der Waals surface area contributed by atoms with Gasteiger partial charge in [-0.3, -0.25) is 0 Å². The Morgan fingerprint density at radius 1 is 1.22 bits per heavy atom. The maximum absolute atomic E-state index is 11.7. The molecule has 0 spiro atoms. The van der Waals surface area contributed by atoms with Crippen molar-refractivity contribution in [1.82, 2.24) is 5.01 Å². The van der Waals surface area contributed by atoms with Gasteiger partial charge in [0.2, 0.25) is 0 Å². The molecule has 1 aromatic rings. The molecule has 1 N–H and O–H groups in total. The van der Waals surface area contributed by atoms with Gasteiger partial charge in [0.1, 0.15) is 0 Å². The predicted molar refractivity (Wildman–Crippen MR) is 70.2 cm³/mol. The number of rotatable bonds is 4. The van der Waals surface area contributed by atoms with Crippen LogP contribution in [0.5, 0.6) is 0 Å². The molecule has 100 valence electrons. The zero-order valence-electron chi connectivity index (χ0n) is 10.4. The van der Waals surface area contributed by atoms with Crippen LogP contribution in [0.3, 0.4) is 0 Å². The molecule has 0 aromatic heterocycles. The number of sulfone groups is 1. The summed E-state index contributed by atoms with van der Waals surface area (Å²) in [5.41, 5.74) is 4.13. The molecule has 0 amide bonds. The molecule has 5 nitrogen and oxygen atoms in total. The van der Waals surface area contributed by atoms with Crippen LogP contribution in [-0.2, 0) is 14.6 Å². The Labute approximate surface area is 108 Å². The van der Waals surface area contributed by atoms with Crippen molar-refractivity contribution in [1.29, 1.82) is 0 Å². The van der Waals surface area contributed by atoms with Crippen LogP contribution in [0, 0.1) is 0 Å². The first kappa shape index (κ1) is 13.3. The summed E-state index contributed by atoms with van der Waals surface area (Å²) in [7, 11) is -3.11. The summed E-state index contributed by atoms with van der Waals surface area (Å²) >= 11 is 0. The Kier molecular flexibility index (Phi) is 4.21. The van der Waals surface area contributed by atoms with Crippen molar-refractivity contribution >= 4 is 15.5 Å². The van der Waals surface area contributed by atoms with Crippen molar-refractivity contribution in [2.75, 3.05) is 37.5 Å². The van der Waals surface area contributed by atoms with E-state index in [1.54, 1.807) is 31.2 Å². The van der Waals surface area contributed by atoms with Crippen LogP contribution in [-0.4, -0.2) is 45.5 Å². The number of hydrazine groups is 1. The molecule has 1 fully saturated rings. The SMILES string of the molecule is CCS(=O)(=O)c1ccc(NN2CCOCC2)cc1. The van der Waals surface area contributed by atoms with Gasteiger partial charge in [-0.15, -0.1) is 0 Å². The minimum atomic E-state index is -3.11. The van der Waals surface area contributed by atoms with Gasteiger partial charge in [0, 0.05) is 18.8 Å². The van der Waals surface area contributed by atoms with Crippen LogP contribution in [0.4, 0.5) is 5.69 Å². The van der Waals surface area contributed by atoms with Crippen molar-refractivity contribution in [3.05, 3.63) is 24.3 Å². The molecule has 1 aromatic carbocycles. The van der Waals surface area contributed by atoms with Gasteiger partial charge in [-0.25, -0.2) is 13.4 Å². The highest BCUT2D eigenvalue weighted by Gasteiger charge is 2.12. The predicted octanol–water partition coefficient (Wildman–Crippen LogP) is 1.14. The molecule has 0 atom stereocenters. The second-order valence-electron chi connectivity index (χ2n) is 4.14. The van der Waals surface area contributed by atoms with Crippen molar-refractivity contribution in [3.8, 4) is 0 Å². The average Bonchev–Trinajstić information content (AvgIpc) is 2.40. The molecular weight excluding hydrogens is 252 g/mol. The summed E-state index contributed by atoms with van der Waals surface area (Å²) in [6.07, 6.45) is 0. The summed E-state index contributed by atoms with van der Waals surface area (Å²) in [4.78, 5) is 0.373. The smallest absolute Gasteiger partial charge is 0.178 e. The fourth-order valence-electron chi connectivity index (χ4n) is 1.76. The Balaban J connectivity index is 2.03. The highest BCUT2D eigenvalue weighted by molar-refractivity contribution is 7.91. The van der Waals surface area contributed by atoms with Gasteiger partial charge < -0.3 is 10.2 Å². The van der Waals surface area contributed by atoms with Crippen LogP contribution in [0.2, 0.25) is 0 Å². The molecule has 1 heterocycles. The number of benzene rings is 1. The lowest BCUT2D eigenvalue weighted by molar-refractivity contribution is 0.0497. The van der Waals surface area contributed by atoms with E-state index in [0.717, 1.165) is 32.0 Å². The van der Waals surface area contributed by atoms with E-state index in [1.807, 2.05) is 0 Å². The van der Waals surface area contributed by atoms with Crippen LogP contribution in [0.25, 0.3) is 0 Å². The van der Waals surface area contributed by atoms with Gasteiger partial charge in [-0.05, 0) is 24.3 Å². The molecule has 0 saturated carbocycles. The molecule has 0 unspecified atom stereocenters. The molecule has 1 aliphatic heterocycles. The van der Waals surface area contributed by atoms with Gasteiger partial charge in [0.05, 0.1) is 23.9 Å². The normalized spacial score (nSPS) is 17.6. The van der Waals surface area contributed by atoms with Gasteiger partial charge >= 0.3 is 0 Å². The lowest BCUT2D eigenvalue weighted by Crippen LogP contribution is -2.40. The quantitative estimate of drug-likeness (QED) is 0.889. The number of ether oxygens (including phenoxy) is 1. The molecule has 0 radical (unpaired) electrons. The summed E-state index contributed by atoms with van der Waals surface area (Å²) in [5, 5.41) is 2.06. The van der Waals surface area contributed by atoms with Crippen LogP contribution in [0.15, 0.2) is 29.2 Å². The Morgan fingerprint density at radius 2 is 1.83 bits per heavy atom. The average molecular weight is 270 g/mol. The molecule has 18 heavy (non-hydrogen) atoms. The second-order valence-corrected chi connectivity index (χ2v) is 6.42. The summed E-state index contributed by atoms with van der Waals surface area (Å²) in [6, 6.07) is 6.86. The second kappa shape index (κ2) is 5.69. The van der Waals surface area contributed by atoms with Crippen LogP contribution < -0.4 is 5.43 Å². The van der Waals surface area contributed by atoms with Crippen LogP contribution >= 0.6 is 0 Å². The maximum atomic E-state index is 11.7. The maximum Gasteiger partial charge on any atom is 0.178 e. The van der Waals surface area contributed by atoms with E-state index in [-0.39, 0.29) is 5.75 Å². The molecular formula is C12H18N2O3S. The summed E-state index contributed by atoms with van der Waals surface area (Å²) < 4.78 is 28.6. The van der Waals surface area contributed by atoms with E-state index >= 15 is 0 Å². The van der Waals surface area contributed by atoms with Crippen molar-refractivity contribution in [3.63, 3.8) is 0 Å². The third-order valence-electron chi connectivity index (χ3n) is 2.89. The molecule has 1 saturated heterocycles. The topological polar surface area (TPSA) is 58.6 Å². The van der Waals surface area contributed by atoms with Gasteiger partial charge in [-0.2, -0.15) is 0 Å². The Bertz CT molecular complexity index is 479. The molecule has 6 heteroatoms. The van der Waals surface area contributed by atoms with E-state index in [4.69, 9.17) is 4.74 Å². The minimum absolute atomic E-state index is 0.128. The highest BCUT2D eigenvalue weighted by Crippen LogP contribution is 2.16. The zero-order chi connectivity index (χ0) is 13.0. The molecule has 2 rings (SSSR count). The van der Waals surface area contributed by atoms with Crippen molar-refractivity contribution < 1.29 is 13.2 Å². The highest BCUT2D eigenvalue weighted by atomic mass is 32.2. The van der Waals surface area contributed by atoms with Crippen molar-refractivity contribution in [2.45, 2.75) is 11.8 Å². The lowest BCUT2D eigenvalue weighted by atomic mass is 10.3. The minimum Gasteiger partial charge on any atom is -0.379 e. The summed E-state index contributed by atoms with van der Waals surface area (Å²) in [5.74, 6) is 0.128. The molecule has 1 aliphatic rings. The number of morpholine rings is 1. The molecule has 0 aliphatic carbocycles. The fraction of sp³-hybridized carbons (Fsp3) is 0.500. The van der Waals surface area contributed by atoms with Gasteiger partial charge in [-0.1, -0.05) is 6.92 Å². The van der Waals surface area contributed by atoms with Crippen molar-refractivity contribution in [2.24, 2.45) is 0 Å². The molecule has 0 bridgehead atoms. The first-order valence-electron chi connectivity index (χ1n) is 6.04. The Hall–Kier alpha value is -1.11. The van der Waals surface area contributed by atoms with E-state index in [9.17, 15) is 8.42 Å². The van der Waals surface area contributed by atoms with E-state index in [1.165, 1.54) is 0 Å². The standard InChI is InChI=1S/C12H18N2O3S/c1-2-18(15,16)12-5-3-11(4-6-12)13-14-7-9-17-10-8-14/h3-6,13H,2,7-10H2,1H3. The number of nitrogens with zero attached hydrogens (tertiary/aromatic N) is 1. The van der Waals surface area contributed by atoms with Crippen LogP contribution in [0.1, 0.15) is 6.92 Å². The number of hydrogen-bond acceptors (Lipinski definition) is 5. The third kappa shape index (κ3) is 3.22. The monoisotopic (exact) mass is 270 g/mol. The summed E-state index contributed by atoms with van der Waals surface area (Å²) in [6.45, 7) is 4.74. The zero-order valence-corrected chi connectivity index (χ0v) is 11.2.